The molecule has 0 radical (unpaired) electrons. The molecular formula is C9H19NO3S. The SMILES string of the molecule is CNS(=O)(=O)CC1C[C@@H](C)O[C@@H](C)C1. The van der Waals surface area contributed by atoms with E-state index >= 15 is 0 Å². The van der Waals surface area contributed by atoms with Crippen LogP contribution in [0.15, 0.2) is 0 Å². The summed E-state index contributed by atoms with van der Waals surface area (Å²) in [6, 6.07) is 0. The average Bonchev–Trinajstić information content (AvgIpc) is 2.01. The molecule has 1 aliphatic heterocycles. The van der Waals surface area contributed by atoms with Gasteiger partial charge in [0.1, 0.15) is 0 Å². The zero-order valence-electron chi connectivity index (χ0n) is 8.99. The van der Waals surface area contributed by atoms with E-state index in [0.717, 1.165) is 12.8 Å². The van der Waals surface area contributed by atoms with Crippen LogP contribution in [-0.2, 0) is 14.8 Å². The van der Waals surface area contributed by atoms with Crippen molar-refractivity contribution in [1.29, 1.82) is 0 Å². The normalized spacial score (nSPS) is 34.4. The van der Waals surface area contributed by atoms with Crippen LogP contribution in [0.5, 0.6) is 0 Å². The lowest BCUT2D eigenvalue weighted by atomic mass is 9.94. The van der Waals surface area contributed by atoms with Crippen molar-refractivity contribution in [1.82, 2.24) is 4.72 Å². The van der Waals surface area contributed by atoms with Gasteiger partial charge in [-0.1, -0.05) is 0 Å². The van der Waals surface area contributed by atoms with E-state index in [-0.39, 0.29) is 23.9 Å². The molecule has 1 aliphatic rings. The van der Waals surface area contributed by atoms with E-state index in [0.29, 0.717) is 0 Å². The molecular weight excluding hydrogens is 202 g/mol. The van der Waals surface area contributed by atoms with Crippen molar-refractivity contribution < 1.29 is 13.2 Å². The van der Waals surface area contributed by atoms with E-state index in [4.69, 9.17) is 4.74 Å². The molecule has 0 saturated carbocycles. The molecule has 0 bridgehead atoms. The maximum absolute atomic E-state index is 11.3. The van der Waals surface area contributed by atoms with E-state index in [1.54, 1.807) is 0 Å². The second-order valence-corrected chi connectivity index (χ2v) is 6.05. The molecule has 0 aromatic heterocycles. The molecule has 0 spiro atoms. The fraction of sp³-hybridized carbons (Fsp3) is 1.00. The number of rotatable bonds is 3. The Morgan fingerprint density at radius 2 is 1.79 bits per heavy atom. The van der Waals surface area contributed by atoms with Gasteiger partial charge in [-0.15, -0.1) is 0 Å². The molecule has 1 unspecified atom stereocenters. The van der Waals surface area contributed by atoms with E-state index < -0.39 is 10.0 Å². The summed E-state index contributed by atoms with van der Waals surface area (Å²) in [6.45, 7) is 3.99. The topological polar surface area (TPSA) is 55.4 Å². The van der Waals surface area contributed by atoms with Crippen LogP contribution >= 0.6 is 0 Å². The van der Waals surface area contributed by atoms with E-state index in [2.05, 4.69) is 4.72 Å². The summed E-state index contributed by atoms with van der Waals surface area (Å²) in [7, 11) is -1.61. The molecule has 0 aliphatic carbocycles. The maximum atomic E-state index is 11.3. The molecule has 14 heavy (non-hydrogen) atoms. The van der Waals surface area contributed by atoms with Crippen LogP contribution in [0.1, 0.15) is 26.7 Å². The summed E-state index contributed by atoms with van der Waals surface area (Å²) in [5, 5.41) is 0. The summed E-state index contributed by atoms with van der Waals surface area (Å²) in [4.78, 5) is 0. The molecule has 0 aromatic carbocycles. The lowest BCUT2D eigenvalue weighted by molar-refractivity contribution is -0.0479. The van der Waals surface area contributed by atoms with Gasteiger partial charge in [-0.05, 0) is 39.7 Å². The highest BCUT2D eigenvalue weighted by Gasteiger charge is 2.27. The van der Waals surface area contributed by atoms with Gasteiger partial charge in [0.2, 0.25) is 10.0 Å². The molecule has 0 aromatic rings. The van der Waals surface area contributed by atoms with Crippen LogP contribution in [0.4, 0.5) is 0 Å². The first kappa shape index (κ1) is 11.9. The Balaban J connectivity index is 2.53. The Morgan fingerprint density at radius 3 is 2.21 bits per heavy atom. The van der Waals surface area contributed by atoms with Crippen LogP contribution in [0.3, 0.4) is 0 Å². The van der Waals surface area contributed by atoms with Gasteiger partial charge in [-0.2, -0.15) is 0 Å². The van der Waals surface area contributed by atoms with Gasteiger partial charge < -0.3 is 4.74 Å². The molecule has 1 rings (SSSR count). The van der Waals surface area contributed by atoms with Crippen LogP contribution < -0.4 is 4.72 Å². The number of sulfonamides is 1. The summed E-state index contributed by atoms with van der Waals surface area (Å²) in [5.74, 6) is 0.452. The molecule has 3 atom stereocenters. The monoisotopic (exact) mass is 221 g/mol. The summed E-state index contributed by atoms with van der Waals surface area (Å²) >= 11 is 0. The maximum Gasteiger partial charge on any atom is 0.211 e. The number of hydrogen-bond donors (Lipinski definition) is 1. The van der Waals surface area contributed by atoms with Gasteiger partial charge in [0.15, 0.2) is 0 Å². The van der Waals surface area contributed by atoms with Crippen LogP contribution in [0.25, 0.3) is 0 Å². The van der Waals surface area contributed by atoms with Gasteiger partial charge in [0.25, 0.3) is 0 Å². The number of ether oxygens (including phenoxy) is 1. The highest BCUT2D eigenvalue weighted by atomic mass is 32.2. The quantitative estimate of drug-likeness (QED) is 0.764. The molecule has 84 valence electrons. The average molecular weight is 221 g/mol. The molecule has 5 heteroatoms. The Bertz CT molecular complexity index is 266. The van der Waals surface area contributed by atoms with Crippen molar-refractivity contribution >= 4 is 10.0 Å². The third kappa shape index (κ3) is 3.55. The minimum atomic E-state index is -3.07. The third-order valence-corrected chi connectivity index (χ3v) is 4.09. The first-order valence-electron chi connectivity index (χ1n) is 4.99. The standard InChI is InChI=1S/C9H19NO3S/c1-7-4-9(5-8(2)13-7)6-14(11,12)10-3/h7-10H,4-6H2,1-3H3/t7-,8+,9?. The zero-order valence-corrected chi connectivity index (χ0v) is 9.80. The van der Waals surface area contributed by atoms with Gasteiger partial charge in [0, 0.05) is 0 Å². The van der Waals surface area contributed by atoms with Crippen molar-refractivity contribution in [2.75, 3.05) is 12.8 Å². The van der Waals surface area contributed by atoms with Crippen molar-refractivity contribution in [3.05, 3.63) is 0 Å². The Kier molecular flexibility index (Phi) is 3.92. The van der Waals surface area contributed by atoms with Gasteiger partial charge in [0.05, 0.1) is 18.0 Å². The molecule has 0 amide bonds. The van der Waals surface area contributed by atoms with Crippen molar-refractivity contribution in [3.63, 3.8) is 0 Å². The lowest BCUT2D eigenvalue weighted by Gasteiger charge is -2.31. The molecule has 1 N–H and O–H groups in total. The predicted octanol–water partition coefficient (Wildman–Crippen LogP) is 0.739. The van der Waals surface area contributed by atoms with E-state index in [1.165, 1.54) is 7.05 Å². The lowest BCUT2D eigenvalue weighted by Crippen LogP contribution is -2.35. The molecule has 1 heterocycles. The van der Waals surface area contributed by atoms with Crippen molar-refractivity contribution in [3.8, 4) is 0 Å². The Labute approximate surface area is 86.1 Å². The van der Waals surface area contributed by atoms with E-state index in [1.807, 2.05) is 13.8 Å². The second-order valence-electron chi connectivity index (χ2n) is 4.08. The van der Waals surface area contributed by atoms with Gasteiger partial charge in [-0.3, -0.25) is 0 Å². The Morgan fingerprint density at radius 1 is 1.29 bits per heavy atom. The highest BCUT2D eigenvalue weighted by Crippen LogP contribution is 2.25. The molecule has 1 saturated heterocycles. The van der Waals surface area contributed by atoms with E-state index in [9.17, 15) is 8.42 Å². The summed E-state index contributed by atoms with van der Waals surface area (Å²) < 4.78 is 30.6. The molecule has 4 nitrogen and oxygen atoms in total. The van der Waals surface area contributed by atoms with Crippen LogP contribution in [0.2, 0.25) is 0 Å². The highest BCUT2D eigenvalue weighted by molar-refractivity contribution is 7.89. The Hall–Kier alpha value is -0.130. The first-order valence-corrected chi connectivity index (χ1v) is 6.65. The second kappa shape index (κ2) is 4.59. The minimum Gasteiger partial charge on any atom is -0.376 e. The summed E-state index contributed by atoms with van der Waals surface area (Å²) in [5.41, 5.74) is 0. The number of nitrogens with one attached hydrogen (secondary N) is 1. The fourth-order valence-electron chi connectivity index (χ4n) is 2.07. The fourth-order valence-corrected chi connectivity index (χ4v) is 3.13. The minimum absolute atomic E-state index is 0.177. The van der Waals surface area contributed by atoms with Crippen LogP contribution in [0, 0.1) is 5.92 Å². The van der Waals surface area contributed by atoms with Crippen molar-refractivity contribution in [2.24, 2.45) is 5.92 Å². The van der Waals surface area contributed by atoms with Gasteiger partial charge in [-0.25, -0.2) is 13.1 Å². The first-order chi connectivity index (χ1) is 6.43. The predicted molar refractivity (Wildman–Crippen MR) is 55.6 cm³/mol. The van der Waals surface area contributed by atoms with Crippen molar-refractivity contribution in [2.45, 2.75) is 38.9 Å². The van der Waals surface area contributed by atoms with Crippen LogP contribution in [-0.4, -0.2) is 33.4 Å². The number of hydrogen-bond acceptors (Lipinski definition) is 3. The smallest absolute Gasteiger partial charge is 0.211 e. The molecule has 1 fully saturated rings. The summed E-state index contributed by atoms with van der Waals surface area (Å²) in [6.07, 6.45) is 2.03. The third-order valence-electron chi connectivity index (χ3n) is 2.56. The largest absolute Gasteiger partial charge is 0.376 e. The van der Waals surface area contributed by atoms with Gasteiger partial charge >= 0.3 is 0 Å². The zero-order chi connectivity index (χ0) is 10.8.